The Morgan fingerprint density at radius 2 is 1.45 bits per heavy atom. The number of carbonyl (C=O) groups is 1. The molecule has 0 bridgehead atoms. The van der Waals surface area contributed by atoms with E-state index < -0.39 is 10.0 Å². The minimum Gasteiger partial charge on any atom is -0.484 e. The molecule has 0 aliphatic carbocycles. The van der Waals surface area contributed by atoms with Crippen molar-refractivity contribution in [3.8, 4) is 5.75 Å². The number of ether oxygens (including phenoxy) is 1. The lowest BCUT2D eigenvalue weighted by molar-refractivity contribution is -0.118. The molecular formula is C24H26N2O4S. The highest BCUT2D eigenvalue weighted by molar-refractivity contribution is 7.92. The van der Waals surface area contributed by atoms with Crippen LogP contribution in [-0.2, 0) is 14.8 Å². The third kappa shape index (κ3) is 6.08. The average molecular weight is 439 g/mol. The summed E-state index contributed by atoms with van der Waals surface area (Å²) in [6.45, 7) is 7.64. The number of amides is 1. The molecule has 0 saturated carbocycles. The first-order chi connectivity index (χ1) is 14.6. The molecule has 0 radical (unpaired) electrons. The summed E-state index contributed by atoms with van der Waals surface area (Å²) in [5, 5.41) is 2.80. The van der Waals surface area contributed by atoms with Gasteiger partial charge in [-0.1, -0.05) is 12.1 Å². The maximum absolute atomic E-state index is 12.6. The van der Waals surface area contributed by atoms with E-state index in [1.54, 1.807) is 12.1 Å². The molecular weight excluding hydrogens is 412 g/mol. The van der Waals surface area contributed by atoms with Crippen LogP contribution in [0.3, 0.4) is 0 Å². The van der Waals surface area contributed by atoms with Crippen LogP contribution in [0.1, 0.15) is 22.3 Å². The van der Waals surface area contributed by atoms with E-state index in [1.165, 1.54) is 24.3 Å². The molecule has 2 N–H and O–H groups in total. The van der Waals surface area contributed by atoms with E-state index in [9.17, 15) is 13.2 Å². The number of rotatable bonds is 7. The summed E-state index contributed by atoms with van der Waals surface area (Å²) in [6.07, 6.45) is 0. The Bertz CT molecular complexity index is 1180. The van der Waals surface area contributed by atoms with Gasteiger partial charge in [0.1, 0.15) is 5.75 Å². The largest absolute Gasteiger partial charge is 0.484 e. The Morgan fingerprint density at radius 3 is 2.06 bits per heavy atom. The third-order valence-electron chi connectivity index (χ3n) is 4.77. The van der Waals surface area contributed by atoms with E-state index in [2.05, 4.69) is 10.0 Å². The molecule has 6 nitrogen and oxygen atoms in total. The van der Waals surface area contributed by atoms with Gasteiger partial charge in [0, 0.05) is 11.4 Å². The van der Waals surface area contributed by atoms with Gasteiger partial charge in [-0.2, -0.15) is 0 Å². The van der Waals surface area contributed by atoms with Crippen LogP contribution in [0, 0.1) is 27.7 Å². The van der Waals surface area contributed by atoms with Crippen LogP contribution in [-0.4, -0.2) is 20.9 Å². The van der Waals surface area contributed by atoms with Crippen LogP contribution in [0.2, 0.25) is 0 Å². The number of carbonyl (C=O) groups excluding carboxylic acids is 1. The van der Waals surface area contributed by atoms with Gasteiger partial charge < -0.3 is 10.1 Å². The lowest BCUT2D eigenvalue weighted by Gasteiger charge is -2.11. The van der Waals surface area contributed by atoms with Crippen LogP contribution in [0.4, 0.5) is 11.4 Å². The zero-order chi connectivity index (χ0) is 22.6. The molecule has 0 aromatic heterocycles. The average Bonchev–Trinajstić information content (AvgIpc) is 2.68. The zero-order valence-electron chi connectivity index (χ0n) is 18.0. The Kier molecular flexibility index (Phi) is 6.65. The summed E-state index contributed by atoms with van der Waals surface area (Å²) in [4.78, 5) is 12.3. The Morgan fingerprint density at radius 1 is 0.806 bits per heavy atom. The van der Waals surface area contributed by atoms with Crippen LogP contribution in [0.5, 0.6) is 5.75 Å². The van der Waals surface area contributed by atoms with Gasteiger partial charge >= 0.3 is 0 Å². The van der Waals surface area contributed by atoms with Crippen LogP contribution >= 0.6 is 0 Å². The summed E-state index contributed by atoms with van der Waals surface area (Å²) < 4.78 is 33.3. The van der Waals surface area contributed by atoms with E-state index in [-0.39, 0.29) is 17.4 Å². The number of anilines is 2. The predicted octanol–water partition coefficient (Wildman–Crippen LogP) is 4.74. The first-order valence-electron chi connectivity index (χ1n) is 9.83. The summed E-state index contributed by atoms with van der Waals surface area (Å²) in [5.74, 6) is 0.110. The van der Waals surface area contributed by atoms with E-state index in [0.29, 0.717) is 17.1 Å². The Balaban J connectivity index is 1.60. The van der Waals surface area contributed by atoms with Gasteiger partial charge in [0.2, 0.25) is 0 Å². The smallest absolute Gasteiger partial charge is 0.262 e. The van der Waals surface area contributed by atoms with Crippen molar-refractivity contribution in [1.82, 2.24) is 0 Å². The summed E-state index contributed by atoms with van der Waals surface area (Å²) in [5.41, 5.74) is 5.43. The molecule has 0 aliphatic rings. The number of hydrogen-bond donors (Lipinski definition) is 2. The van der Waals surface area contributed by atoms with Gasteiger partial charge in [-0.25, -0.2) is 8.42 Å². The molecule has 162 valence electrons. The van der Waals surface area contributed by atoms with Gasteiger partial charge in [-0.15, -0.1) is 0 Å². The number of benzene rings is 3. The maximum atomic E-state index is 12.6. The number of nitrogens with one attached hydrogen (secondary N) is 2. The molecule has 3 aromatic rings. The molecule has 0 heterocycles. The van der Waals surface area contributed by atoms with Crippen molar-refractivity contribution < 1.29 is 17.9 Å². The standard InChI is InChI=1S/C24H26N2O4S/c1-16-11-17(2)13-21(12-16)25-24(27)15-30-22-7-9-23(10-8-22)31(28,29)26-20-6-5-18(3)19(4)14-20/h5-14,26H,15H2,1-4H3,(H,25,27). The van der Waals surface area contributed by atoms with Crippen molar-refractivity contribution in [3.63, 3.8) is 0 Å². The van der Waals surface area contributed by atoms with Gasteiger partial charge in [-0.05, 0) is 98.5 Å². The molecule has 7 heteroatoms. The van der Waals surface area contributed by atoms with Gasteiger partial charge in [0.15, 0.2) is 6.61 Å². The summed E-state index contributed by atoms with van der Waals surface area (Å²) in [6, 6.07) is 17.1. The fourth-order valence-corrected chi connectivity index (χ4v) is 4.18. The molecule has 3 aromatic carbocycles. The molecule has 1 amide bonds. The first kappa shape index (κ1) is 22.4. The van der Waals surface area contributed by atoms with Gasteiger partial charge in [-0.3, -0.25) is 9.52 Å². The fraction of sp³-hybridized carbons (Fsp3) is 0.208. The van der Waals surface area contributed by atoms with Crippen molar-refractivity contribution in [2.75, 3.05) is 16.6 Å². The molecule has 0 unspecified atom stereocenters. The van der Waals surface area contributed by atoms with E-state index >= 15 is 0 Å². The topological polar surface area (TPSA) is 84.5 Å². The second kappa shape index (κ2) is 9.22. The molecule has 0 spiro atoms. The quantitative estimate of drug-likeness (QED) is 0.558. The van der Waals surface area contributed by atoms with Crippen LogP contribution in [0.15, 0.2) is 65.6 Å². The van der Waals surface area contributed by atoms with Crippen molar-refractivity contribution in [1.29, 1.82) is 0 Å². The molecule has 0 aliphatic heterocycles. The summed E-state index contributed by atoms with van der Waals surface area (Å²) in [7, 11) is -3.72. The van der Waals surface area contributed by atoms with Crippen molar-refractivity contribution in [3.05, 3.63) is 82.9 Å². The molecule has 3 rings (SSSR count). The second-order valence-electron chi connectivity index (χ2n) is 7.59. The molecule has 0 atom stereocenters. The van der Waals surface area contributed by atoms with Gasteiger partial charge in [0.25, 0.3) is 15.9 Å². The van der Waals surface area contributed by atoms with Crippen LogP contribution < -0.4 is 14.8 Å². The molecule has 31 heavy (non-hydrogen) atoms. The van der Waals surface area contributed by atoms with Gasteiger partial charge in [0.05, 0.1) is 4.90 Å². The minimum absolute atomic E-state index is 0.109. The number of aryl methyl sites for hydroxylation is 4. The van der Waals surface area contributed by atoms with E-state index in [1.807, 2.05) is 52.0 Å². The second-order valence-corrected chi connectivity index (χ2v) is 9.27. The van der Waals surface area contributed by atoms with Crippen molar-refractivity contribution in [2.24, 2.45) is 0 Å². The third-order valence-corrected chi connectivity index (χ3v) is 6.17. The molecule has 0 fully saturated rings. The van der Waals surface area contributed by atoms with Crippen molar-refractivity contribution in [2.45, 2.75) is 32.6 Å². The van der Waals surface area contributed by atoms with Crippen LogP contribution in [0.25, 0.3) is 0 Å². The number of hydrogen-bond acceptors (Lipinski definition) is 4. The lowest BCUT2D eigenvalue weighted by Crippen LogP contribution is -2.20. The SMILES string of the molecule is Cc1cc(C)cc(NC(=O)COc2ccc(S(=O)(=O)Nc3ccc(C)c(C)c3)cc2)c1. The highest BCUT2D eigenvalue weighted by Crippen LogP contribution is 2.21. The molecule has 0 saturated heterocycles. The summed E-state index contributed by atoms with van der Waals surface area (Å²) >= 11 is 0. The predicted molar refractivity (Wildman–Crippen MR) is 123 cm³/mol. The monoisotopic (exact) mass is 438 g/mol. The fourth-order valence-electron chi connectivity index (χ4n) is 3.13. The van der Waals surface area contributed by atoms with Crippen molar-refractivity contribution >= 4 is 27.3 Å². The normalized spacial score (nSPS) is 11.1. The number of sulfonamides is 1. The first-order valence-corrected chi connectivity index (χ1v) is 11.3. The Labute approximate surface area is 183 Å². The minimum atomic E-state index is -3.72. The Hall–Kier alpha value is -3.32. The lowest BCUT2D eigenvalue weighted by atomic mass is 10.1. The highest BCUT2D eigenvalue weighted by atomic mass is 32.2. The van der Waals surface area contributed by atoms with E-state index in [4.69, 9.17) is 4.74 Å². The highest BCUT2D eigenvalue weighted by Gasteiger charge is 2.15. The zero-order valence-corrected chi connectivity index (χ0v) is 18.8. The van der Waals surface area contributed by atoms with E-state index in [0.717, 1.165) is 22.3 Å². The maximum Gasteiger partial charge on any atom is 0.262 e.